The summed E-state index contributed by atoms with van der Waals surface area (Å²) < 4.78 is 2.21. The number of guanidine groups is 1. The number of nitrogens with one attached hydrogen (secondary N) is 2. The van der Waals surface area contributed by atoms with E-state index in [4.69, 9.17) is 0 Å². The molecule has 0 aliphatic heterocycles. The molecule has 0 saturated carbocycles. The van der Waals surface area contributed by atoms with Crippen LogP contribution in [0.5, 0.6) is 0 Å². The van der Waals surface area contributed by atoms with Crippen molar-refractivity contribution in [2.24, 2.45) is 4.99 Å². The van der Waals surface area contributed by atoms with E-state index in [-0.39, 0.29) is 24.0 Å². The number of aliphatic imine (C=N–C) groups is 1. The molecule has 0 spiro atoms. The number of para-hydroxylation sites is 2. The van der Waals surface area contributed by atoms with E-state index in [1.165, 1.54) is 31.2 Å². The molecule has 2 aromatic rings. The topological polar surface area (TPSA) is 54.2 Å². The zero-order valence-electron chi connectivity index (χ0n) is 14.8. The summed E-state index contributed by atoms with van der Waals surface area (Å²) in [7, 11) is 1.82. The Morgan fingerprint density at radius 3 is 2.58 bits per heavy atom. The Kier molecular flexibility index (Phi) is 10.5. The van der Waals surface area contributed by atoms with Crippen LogP contribution in [0.1, 0.15) is 39.0 Å². The second kappa shape index (κ2) is 12.1. The predicted molar refractivity (Wildman–Crippen MR) is 113 cm³/mol. The summed E-state index contributed by atoms with van der Waals surface area (Å²) in [4.78, 5) is 8.69. The number of nitrogens with zero attached hydrogens (tertiary/aromatic N) is 3. The Morgan fingerprint density at radius 1 is 1.08 bits per heavy atom. The number of hydrogen-bond donors (Lipinski definition) is 2. The van der Waals surface area contributed by atoms with Crippen molar-refractivity contribution in [2.75, 3.05) is 20.1 Å². The highest BCUT2D eigenvalue weighted by Crippen LogP contribution is 2.11. The second-order valence-electron chi connectivity index (χ2n) is 5.77. The maximum Gasteiger partial charge on any atom is 0.190 e. The first-order valence-corrected chi connectivity index (χ1v) is 8.69. The highest BCUT2D eigenvalue weighted by Gasteiger charge is 2.01. The van der Waals surface area contributed by atoms with Crippen LogP contribution in [0, 0.1) is 0 Å². The van der Waals surface area contributed by atoms with E-state index in [0.29, 0.717) is 0 Å². The predicted octanol–water partition coefficient (Wildman–Crippen LogP) is 3.79. The molecular formula is C18H30IN5. The van der Waals surface area contributed by atoms with Gasteiger partial charge in [0.05, 0.1) is 17.4 Å². The fraction of sp³-hybridized carbons (Fsp3) is 0.556. The van der Waals surface area contributed by atoms with Gasteiger partial charge in [0.25, 0.3) is 0 Å². The monoisotopic (exact) mass is 443 g/mol. The van der Waals surface area contributed by atoms with Crippen LogP contribution in [0.25, 0.3) is 11.0 Å². The molecule has 0 amide bonds. The molecule has 1 heterocycles. The lowest BCUT2D eigenvalue weighted by molar-refractivity contribution is 0.625. The van der Waals surface area contributed by atoms with Gasteiger partial charge in [-0.05, 0) is 25.0 Å². The number of unbranched alkanes of at least 4 members (excludes halogenated alkanes) is 3. The van der Waals surface area contributed by atoms with Gasteiger partial charge in [0.15, 0.2) is 5.96 Å². The van der Waals surface area contributed by atoms with Crippen LogP contribution >= 0.6 is 24.0 Å². The zero-order valence-corrected chi connectivity index (χ0v) is 17.1. The van der Waals surface area contributed by atoms with Crippen molar-refractivity contribution in [3.05, 3.63) is 30.6 Å². The molecule has 0 aliphatic carbocycles. The molecule has 24 heavy (non-hydrogen) atoms. The third-order valence-electron chi connectivity index (χ3n) is 3.94. The fourth-order valence-corrected chi connectivity index (χ4v) is 2.62. The molecular weight excluding hydrogens is 413 g/mol. The van der Waals surface area contributed by atoms with Crippen LogP contribution in [0.4, 0.5) is 0 Å². The highest BCUT2D eigenvalue weighted by atomic mass is 127. The molecule has 1 aromatic heterocycles. The lowest BCUT2D eigenvalue weighted by Gasteiger charge is -2.12. The van der Waals surface area contributed by atoms with Gasteiger partial charge in [-0.15, -0.1) is 24.0 Å². The summed E-state index contributed by atoms with van der Waals surface area (Å²) in [5, 5.41) is 6.75. The molecule has 6 heteroatoms. The van der Waals surface area contributed by atoms with E-state index in [0.717, 1.165) is 37.5 Å². The summed E-state index contributed by atoms with van der Waals surface area (Å²) in [6.45, 7) is 5.09. The summed E-state index contributed by atoms with van der Waals surface area (Å²) >= 11 is 0. The van der Waals surface area contributed by atoms with E-state index < -0.39 is 0 Å². The lowest BCUT2D eigenvalue weighted by Crippen LogP contribution is -2.38. The Balaban J connectivity index is 0.00000288. The summed E-state index contributed by atoms with van der Waals surface area (Å²) in [6.07, 6.45) is 8.04. The van der Waals surface area contributed by atoms with Crippen molar-refractivity contribution in [3.63, 3.8) is 0 Å². The summed E-state index contributed by atoms with van der Waals surface area (Å²) in [5.74, 6) is 0.900. The first-order chi connectivity index (χ1) is 11.3. The van der Waals surface area contributed by atoms with Crippen LogP contribution in [0.15, 0.2) is 35.6 Å². The lowest BCUT2D eigenvalue weighted by atomic mass is 10.2. The molecule has 0 unspecified atom stereocenters. The van der Waals surface area contributed by atoms with Crippen LogP contribution in [-0.4, -0.2) is 35.6 Å². The minimum Gasteiger partial charge on any atom is -0.356 e. The normalized spacial score (nSPS) is 11.3. The summed E-state index contributed by atoms with van der Waals surface area (Å²) in [5.41, 5.74) is 2.26. The molecule has 2 N–H and O–H groups in total. The highest BCUT2D eigenvalue weighted by molar-refractivity contribution is 14.0. The van der Waals surface area contributed by atoms with Crippen molar-refractivity contribution in [3.8, 4) is 0 Å². The van der Waals surface area contributed by atoms with E-state index >= 15 is 0 Å². The number of aromatic nitrogens is 2. The van der Waals surface area contributed by atoms with Crippen molar-refractivity contribution >= 4 is 41.0 Å². The first-order valence-electron chi connectivity index (χ1n) is 8.69. The van der Waals surface area contributed by atoms with Crippen molar-refractivity contribution in [1.29, 1.82) is 0 Å². The minimum atomic E-state index is 0. The SMILES string of the molecule is CCCCCCNC(=NC)NCCCn1cnc2ccccc21.I. The van der Waals surface area contributed by atoms with Gasteiger partial charge < -0.3 is 15.2 Å². The first kappa shape index (κ1) is 20.7. The van der Waals surface area contributed by atoms with E-state index in [9.17, 15) is 0 Å². The van der Waals surface area contributed by atoms with E-state index in [1.807, 2.05) is 25.5 Å². The van der Waals surface area contributed by atoms with E-state index in [2.05, 4.69) is 44.2 Å². The third-order valence-corrected chi connectivity index (χ3v) is 3.94. The van der Waals surface area contributed by atoms with Gasteiger partial charge in [0.1, 0.15) is 0 Å². The molecule has 2 rings (SSSR count). The van der Waals surface area contributed by atoms with Crippen LogP contribution in [0.2, 0.25) is 0 Å². The smallest absolute Gasteiger partial charge is 0.190 e. The average molecular weight is 443 g/mol. The molecule has 0 radical (unpaired) electrons. The number of hydrogen-bond acceptors (Lipinski definition) is 2. The number of rotatable bonds is 9. The molecule has 0 atom stereocenters. The van der Waals surface area contributed by atoms with E-state index in [1.54, 1.807) is 0 Å². The fourth-order valence-electron chi connectivity index (χ4n) is 2.62. The van der Waals surface area contributed by atoms with Gasteiger partial charge in [-0.25, -0.2) is 4.98 Å². The average Bonchev–Trinajstić information content (AvgIpc) is 3.00. The Morgan fingerprint density at radius 2 is 1.83 bits per heavy atom. The van der Waals surface area contributed by atoms with Gasteiger partial charge >= 0.3 is 0 Å². The Labute approximate surface area is 162 Å². The Bertz CT molecular complexity index is 608. The molecule has 0 aliphatic rings. The van der Waals surface area contributed by atoms with Crippen molar-refractivity contribution < 1.29 is 0 Å². The second-order valence-corrected chi connectivity index (χ2v) is 5.77. The van der Waals surface area contributed by atoms with Crippen LogP contribution < -0.4 is 10.6 Å². The standard InChI is InChI=1S/C18H29N5.HI/c1-3-4-5-8-12-20-18(19-2)21-13-9-14-23-15-22-16-10-6-7-11-17(16)23;/h6-7,10-11,15H,3-5,8-9,12-14H2,1-2H3,(H2,19,20,21);1H. The largest absolute Gasteiger partial charge is 0.356 e. The molecule has 0 bridgehead atoms. The Hall–Kier alpha value is -1.31. The molecule has 134 valence electrons. The number of benzene rings is 1. The molecule has 0 saturated heterocycles. The van der Waals surface area contributed by atoms with Gasteiger partial charge in [-0.1, -0.05) is 38.3 Å². The molecule has 1 aromatic carbocycles. The van der Waals surface area contributed by atoms with Gasteiger partial charge in [-0.3, -0.25) is 4.99 Å². The quantitative estimate of drug-likeness (QED) is 0.268. The molecule has 5 nitrogen and oxygen atoms in total. The summed E-state index contributed by atoms with van der Waals surface area (Å²) in [6, 6.07) is 8.25. The number of imidazole rings is 1. The maximum atomic E-state index is 4.42. The van der Waals surface area contributed by atoms with Crippen LogP contribution in [0.3, 0.4) is 0 Å². The number of aryl methyl sites for hydroxylation is 1. The van der Waals surface area contributed by atoms with Crippen molar-refractivity contribution in [1.82, 2.24) is 20.2 Å². The zero-order chi connectivity index (χ0) is 16.3. The van der Waals surface area contributed by atoms with Crippen LogP contribution in [-0.2, 0) is 6.54 Å². The van der Waals surface area contributed by atoms with Crippen molar-refractivity contribution in [2.45, 2.75) is 45.6 Å². The third kappa shape index (κ3) is 6.67. The van der Waals surface area contributed by atoms with Gasteiger partial charge in [-0.2, -0.15) is 0 Å². The number of halogens is 1. The van der Waals surface area contributed by atoms with Gasteiger partial charge in [0, 0.05) is 26.7 Å². The number of fused-ring (bicyclic) bond motifs is 1. The van der Waals surface area contributed by atoms with Gasteiger partial charge in [0.2, 0.25) is 0 Å². The maximum absolute atomic E-state index is 4.42. The molecule has 0 fully saturated rings. The minimum absolute atomic E-state index is 0.